The fraction of sp³-hybridized carbons (Fsp3) is 0.158. The van der Waals surface area contributed by atoms with Gasteiger partial charge in [0, 0.05) is 10.0 Å². The van der Waals surface area contributed by atoms with E-state index in [1.165, 1.54) is 4.68 Å². The van der Waals surface area contributed by atoms with E-state index in [9.17, 15) is 4.79 Å². The van der Waals surface area contributed by atoms with Gasteiger partial charge >= 0.3 is 5.97 Å². The van der Waals surface area contributed by atoms with Gasteiger partial charge in [0.15, 0.2) is 0 Å². The van der Waals surface area contributed by atoms with E-state index in [0.29, 0.717) is 12.4 Å². The van der Waals surface area contributed by atoms with Crippen LogP contribution in [-0.2, 0) is 6.54 Å². The third-order valence-electron chi connectivity index (χ3n) is 3.81. The Kier molecular flexibility index (Phi) is 6.38. The zero-order valence-corrected chi connectivity index (χ0v) is 16.5. The predicted molar refractivity (Wildman–Crippen MR) is 106 cm³/mol. The number of rotatable bonds is 8. The minimum Gasteiger partial charge on any atom is -0.496 e. The molecule has 0 saturated carbocycles. The van der Waals surface area contributed by atoms with E-state index < -0.39 is 5.97 Å². The van der Waals surface area contributed by atoms with Gasteiger partial charge in [-0.1, -0.05) is 34.1 Å². The average Bonchev–Trinajstić information content (AvgIpc) is 3.15. The molecule has 0 fully saturated rings. The number of aromatic nitrogens is 4. The fourth-order valence-corrected chi connectivity index (χ4v) is 2.86. The first-order chi connectivity index (χ1) is 13.6. The van der Waals surface area contributed by atoms with Crippen molar-refractivity contribution in [2.24, 2.45) is 0 Å². The van der Waals surface area contributed by atoms with Crippen molar-refractivity contribution in [3.63, 3.8) is 0 Å². The van der Waals surface area contributed by atoms with Gasteiger partial charge in [-0.25, -0.2) is 9.48 Å². The van der Waals surface area contributed by atoms with Gasteiger partial charge in [-0.05, 0) is 52.4 Å². The summed E-state index contributed by atoms with van der Waals surface area (Å²) in [6.45, 7) is 0.655. The largest absolute Gasteiger partial charge is 0.496 e. The Labute approximate surface area is 169 Å². The molecule has 28 heavy (non-hydrogen) atoms. The van der Waals surface area contributed by atoms with Crippen LogP contribution in [-0.4, -0.2) is 45.0 Å². The second-order valence-corrected chi connectivity index (χ2v) is 6.62. The molecule has 0 radical (unpaired) electrons. The Morgan fingerprint density at radius 2 is 2.04 bits per heavy atom. The summed E-state index contributed by atoms with van der Waals surface area (Å²) in [5.74, 6) is 0.115. The number of hydrogen-bond acceptors (Lipinski definition) is 6. The van der Waals surface area contributed by atoms with Gasteiger partial charge in [0.1, 0.15) is 18.1 Å². The van der Waals surface area contributed by atoms with Crippen molar-refractivity contribution >= 4 is 28.0 Å². The maximum atomic E-state index is 11.0. The van der Waals surface area contributed by atoms with Crippen LogP contribution in [0.15, 0.2) is 53.0 Å². The van der Waals surface area contributed by atoms with Gasteiger partial charge in [-0.3, -0.25) is 0 Å². The Morgan fingerprint density at radius 3 is 2.75 bits per heavy atom. The Balaban J connectivity index is 1.57. The Morgan fingerprint density at radius 1 is 1.25 bits per heavy atom. The quantitative estimate of drug-likeness (QED) is 0.568. The summed E-state index contributed by atoms with van der Waals surface area (Å²) in [5, 5.41) is 19.6. The van der Waals surface area contributed by atoms with Crippen molar-refractivity contribution in [1.82, 2.24) is 20.2 Å². The van der Waals surface area contributed by atoms with Crippen molar-refractivity contribution in [2.75, 3.05) is 13.7 Å². The van der Waals surface area contributed by atoms with E-state index in [-0.39, 0.29) is 12.4 Å². The van der Waals surface area contributed by atoms with Gasteiger partial charge in [0.25, 0.3) is 5.82 Å². The zero-order valence-electron chi connectivity index (χ0n) is 14.9. The molecular weight excluding hydrogens is 428 g/mol. The second-order valence-electron chi connectivity index (χ2n) is 5.71. The van der Waals surface area contributed by atoms with Crippen molar-refractivity contribution in [3.05, 3.63) is 70.0 Å². The number of nitrogens with zero attached hydrogens (tertiary/aromatic N) is 4. The number of ether oxygens (including phenoxy) is 2. The van der Waals surface area contributed by atoms with Crippen LogP contribution in [0.4, 0.5) is 0 Å². The van der Waals surface area contributed by atoms with Crippen LogP contribution >= 0.6 is 15.9 Å². The number of carboxylic acids is 1. The average molecular weight is 445 g/mol. The first-order valence-electron chi connectivity index (χ1n) is 8.28. The number of carboxylic acid groups (broad SMARTS) is 1. The molecule has 1 aromatic heterocycles. The number of methoxy groups -OCH3 is 1. The summed E-state index contributed by atoms with van der Waals surface area (Å²) in [6.07, 6.45) is 3.83. The van der Waals surface area contributed by atoms with Crippen LogP contribution in [0.2, 0.25) is 0 Å². The lowest BCUT2D eigenvalue weighted by Gasteiger charge is -2.07. The van der Waals surface area contributed by atoms with Crippen molar-refractivity contribution < 1.29 is 19.4 Å². The maximum absolute atomic E-state index is 11.0. The van der Waals surface area contributed by atoms with Gasteiger partial charge in [0.05, 0.1) is 13.7 Å². The topological polar surface area (TPSA) is 99.4 Å². The molecule has 8 nitrogen and oxygen atoms in total. The predicted octanol–water partition coefficient (Wildman–Crippen LogP) is 3.28. The second kappa shape index (κ2) is 9.14. The zero-order chi connectivity index (χ0) is 19.9. The molecule has 0 aliphatic carbocycles. The summed E-state index contributed by atoms with van der Waals surface area (Å²) in [7, 11) is 1.63. The minimum atomic E-state index is -1.17. The third kappa shape index (κ3) is 4.95. The molecule has 1 heterocycles. The van der Waals surface area contributed by atoms with Crippen LogP contribution in [0.25, 0.3) is 6.08 Å². The lowest BCUT2D eigenvalue weighted by Crippen LogP contribution is -2.12. The van der Waals surface area contributed by atoms with Crippen LogP contribution < -0.4 is 9.47 Å². The SMILES string of the molecule is COc1ccc(Br)cc1/C=C/COc1ccc(Cn2nnnc2C(=O)O)cc1. The molecule has 9 heteroatoms. The standard InChI is InChI=1S/C19H17BrN4O4/c1-27-17-9-6-15(20)11-14(17)3-2-10-28-16-7-4-13(5-8-16)12-24-18(19(25)26)21-22-23-24/h2-9,11H,10,12H2,1H3,(H,25,26)/b3-2+. The molecule has 3 rings (SSSR count). The number of benzene rings is 2. The molecule has 0 unspecified atom stereocenters. The summed E-state index contributed by atoms with van der Waals surface area (Å²) in [6, 6.07) is 13.1. The number of carbonyl (C=O) groups is 1. The van der Waals surface area contributed by atoms with Gasteiger partial charge in [-0.2, -0.15) is 0 Å². The Hall–Kier alpha value is -3.20. The van der Waals surface area contributed by atoms with E-state index in [4.69, 9.17) is 14.6 Å². The first kappa shape index (κ1) is 19.6. The molecule has 0 saturated heterocycles. The van der Waals surface area contributed by atoms with Crippen molar-refractivity contribution in [3.8, 4) is 11.5 Å². The summed E-state index contributed by atoms with van der Waals surface area (Å²) >= 11 is 3.44. The molecule has 0 aliphatic rings. The third-order valence-corrected chi connectivity index (χ3v) is 4.31. The molecule has 0 atom stereocenters. The van der Waals surface area contributed by atoms with E-state index in [1.54, 1.807) is 7.11 Å². The molecular formula is C19H17BrN4O4. The van der Waals surface area contributed by atoms with Crippen molar-refractivity contribution in [2.45, 2.75) is 6.54 Å². The van der Waals surface area contributed by atoms with Gasteiger partial charge in [0.2, 0.25) is 0 Å². The summed E-state index contributed by atoms with van der Waals surface area (Å²) in [4.78, 5) is 11.0. The van der Waals surface area contributed by atoms with Crippen LogP contribution in [0.1, 0.15) is 21.7 Å². The van der Waals surface area contributed by atoms with Crippen LogP contribution in [0, 0.1) is 0 Å². The molecule has 3 aromatic rings. The summed E-state index contributed by atoms with van der Waals surface area (Å²) < 4.78 is 13.2. The molecule has 1 N–H and O–H groups in total. The molecule has 0 aliphatic heterocycles. The maximum Gasteiger partial charge on any atom is 0.375 e. The summed E-state index contributed by atoms with van der Waals surface area (Å²) in [5.41, 5.74) is 1.81. The highest BCUT2D eigenvalue weighted by molar-refractivity contribution is 9.10. The lowest BCUT2D eigenvalue weighted by atomic mass is 10.2. The van der Waals surface area contributed by atoms with Gasteiger partial charge in [-0.15, -0.1) is 5.10 Å². The number of tetrazole rings is 1. The highest BCUT2D eigenvalue weighted by atomic mass is 79.9. The Bertz CT molecular complexity index is 986. The van der Waals surface area contributed by atoms with Crippen molar-refractivity contribution in [1.29, 1.82) is 0 Å². The molecule has 144 valence electrons. The minimum absolute atomic E-state index is 0.201. The smallest absolute Gasteiger partial charge is 0.375 e. The molecule has 2 aromatic carbocycles. The number of halogens is 1. The van der Waals surface area contributed by atoms with Crippen LogP contribution in [0.5, 0.6) is 11.5 Å². The van der Waals surface area contributed by atoms with E-state index in [2.05, 4.69) is 31.5 Å². The molecule has 0 amide bonds. The normalized spacial score (nSPS) is 10.9. The van der Waals surface area contributed by atoms with E-state index in [1.807, 2.05) is 54.6 Å². The fourth-order valence-electron chi connectivity index (χ4n) is 2.48. The van der Waals surface area contributed by atoms with Crippen LogP contribution in [0.3, 0.4) is 0 Å². The number of aromatic carboxylic acids is 1. The first-order valence-corrected chi connectivity index (χ1v) is 9.07. The van der Waals surface area contributed by atoms with Gasteiger partial charge < -0.3 is 14.6 Å². The highest BCUT2D eigenvalue weighted by Crippen LogP contribution is 2.24. The highest BCUT2D eigenvalue weighted by Gasteiger charge is 2.13. The molecule has 0 spiro atoms. The molecule has 0 bridgehead atoms. The van der Waals surface area contributed by atoms with E-state index in [0.717, 1.165) is 21.3 Å². The monoisotopic (exact) mass is 444 g/mol. The number of hydrogen-bond donors (Lipinski definition) is 1. The lowest BCUT2D eigenvalue weighted by molar-refractivity contribution is 0.0677. The van der Waals surface area contributed by atoms with E-state index >= 15 is 0 Å².